The van der Waals surface area contributed by atoms with Crippen LogP contribution in [0, 0.1) is 12.3 Å². The molecule has 74 valence electrons. The molecule has 1 rings (SSSR count). The van der Waals surface area contributed by atoms with Crippen molar-refractivity contribution in [3.8, 4) is 0 Å². The zero-order valence-corrected chi connectivity index (χ0v) is 9.66. The minimum Gasteiger partial charge on any atom is -0.326 e. The number of aromatic nitrogens is 1. The van der Waals surface area contributed by atoms with E-state index in [0.717, 1.165) is 12.1 Å². The molecule has 1 heterocycles. The Labute approximate surface area is 84.2 Å². The van der Waals surface area contributed by atoms with E-state index in [1.807, 2.05) is 6.92 Å². The molecule has 1 aromatic rings. The number of nitrogens with zero attached hydrogens (tertiary/aromatic N) is 1. The van der Waals surface area contributed by atoms with Crippen LogP contribution < -0.4 is 5.73 Å². The van der Waals surface area contributed by atoms with E-state index in [4.69, 9.17) is 5.73 Å². The lowest BCUT2D eigenvalue weighted by atomic mass is 9.93. The summed E-state index contributed by atoms with van der Waals surface area (Å²) in [7, 11) is 0. The number of aryl methyl sites for hydroxylation is 1. The first kappa shape index (κ1) is 10.7. The molecule has 2 N–H and O–H groups in total. The fraction of sp³-hybridized carbons (Fsp3) is 0.700. The molecule has 0 atom stereocenters. The van der Waals surface area contributed by atoms with Crippen molar-refractivity contribution < 1.29 is 0 Å². The van der Waals surface area contributed by atoms with Crippen LogP contribution in [0.5, 0.6) is 0 Å². The molecule has 0 saturated heterocycles. The summed E-state index contributed by atoms with van der Waals surface area (Å²) in [6.45, 7) is 9.34. The summed E-state index contributed by atoms with van der Waals surface area (Å²) in [5, 5.41) is 1.21. The third kappa shape index (κ3) is 3.08. The van der Waals surface area contributed by atoms with Crippen LogP contribution in [0.4, 0.5) is 0 Å². The average molecular weight is 198 g/mol. The Morgan fingerprint density at radius 2 is 2.00 bits per heavy atom. The van der Waals surface area contributed by atoms with Gasteiger partial charge in [0.15, 0.2) is 0 Å². The van der Waals surface area contributed by atoms with Gasteiger partial charge in [0.25, 0.3) is 0 Å². The molecule has 0 aromatic carbocycles. The van der Waals surface area contributed by atoms with Gasteiger partial charge in [-0.1, -0.05) is 20.8 Å². The minimum atomic E-state index is 0.316. The maximum absolute atomic E-state index is 5.60. The van der Waals surface area contributed by atoms with E-state index in [9.17, 15) is 0 Å². The van der Waals surface area contributed by atoms with Gasteiger partial charge in [0.2, 0.25) is 0 Å². The fourth-order valence-electron chi connectivity index (χ4n) is 1.21. The molecule has 2 nitrogen and oxygen atoms in total. The van der Waals surface area contributed by atoms with E-state index in [-0.39, 0.29) is 0 Å². The first-order valence-corrected chi connectivity index (χ1v) is 5.39. The Balaban J connectivity index is 2.80. The Bertz CT molecular complexity index is 284. The third-order valence-electron chi connectivity index (χ3n) is 1.80. The van der Waals surface area contributed by atoms with Crippen molar-refractivity contribution in [1.29, 1.82) is 0 Å². The molecule has 0 saturated carbocycles. The molecule has 0 fully saturated rings. The zero-order valence-electron chi connectivity index (χ0n) is 8.85. The SMILES string of the molecule is Cc1nc(CC(C)(C)C)sc1CN. The van der Waals surface area contributed by atoms with Crippen LogP contribution in [0.15, 0.2) is 0 Å². The molecular formula is C10H18N2S. The maximum Gasteiger partial charge on any atom is 0.0936 e. The quantitative estimate of drug-likeness (QED) is 0.793. The van der Waals surface area contributed by atoms with E-state index in [1.54, 1.807) is 11.3 Å². The van der Waals surface area contributed by atoms with Gasteiger partial charge in [-0.2, -0.15) is 0 Å². The highest BCUT2D eigenvalue weighted by molar-refractivity contribution is 7.11. The Morgan fingerprint density at radius 1 is 1.38 bits per heavy atom. The van der Waals surface area contributed by atoms with E-state index >= 15 is 0 Å². The highest BCUT2D eigenvalue weighted by atomic mass is 32.1. The second-order valence-corrected chi connectivity index (χ2v) is 5.73. The number of nitrogens with two attached hydrogens (primary N) is 1. The predicted molar refractivity (Wildman–Crippen MR) is 57.9 cm³/mol. The number of hydrogen-bond acceptors (Lipinski definition) is 3. The van der Waals surface area contributed by atoms with Crippen molar-refractivity contribution in [2.75, 3.05) is 0 Å². The van der Waals surface area contributed by atoms with Crippen LogP contribution in [0.25, 0.3) is 0 Å². The van der Waals surface area contributed by atoms with Crippen LogP contribution in [-0.4, -0.2) is 4.98 Å². The lowest BCUT2D eigenvalue weighted by Crippen LogP contribution is -2.08. The van der Waals surface area contributed by atoms with Crippen LogP contribution in [0.1, 0.15) is 36.3 Å². The summed E-state index contributed by atoms with van der Waals surface area (Å²) in [5.41, 5.74) is 7.02. The Kier molecular flexibility index (Phi) is 3.09. The summed E-state index contributed by atoms with van der Waals surface area (Å²) in [4.78, 5) is 5.73. The lowest BCUT2D eigenvalue weighted by molar-refractivity contribution is 0.410. The van der Waals surface area contributed by atoms with Gasteiger partial charge in [-0.25, -0.2) is 4.98 Å². The predicted octanol–water partition coefficient (Wildman–Crippen LogP) is 2.50. The molecule has 0 bridgehead atoms. The monoisotopic (exact) mass is 198 g/mol. The molecule has 0 aliphatic rings. The summed E-state index contributed by atoms with van der Waals surface area (Å²) in [6, 6.07) is 0. The zero-order chi connectivity index (χ0) is 10.1. The van der Waals surface area contributed by atoms with Crippen molar-refractivity contribution in [3.63, 3.8) is 0 Å². The van der Waals surface area contributed by atoms with Gasteiger partial charge in [0.05, 0.1) is 10.7 Å². The minimum absolute atomic E-state index is 0.316. The molecule has 1 aromatic heterocycles. The van der Waals surface area contributed by atoms with Gasteiger partial charge >= 0.3 is 0 Å². The van der Waals surface area contributed by atoms with Crippen molar-refractivity contribution in [2.24, 2.45) is 11.1 Å². The normalized spacial score (nSPS) is 12.1. The van der Waals surface area contributed by atoms with Gasteiger partial charge < -0.3 is 5.73 Å². The van der Waals surface area contributed by atoms with Gasteiger partial charge in [0.1, 0.15) is 0 Å². The standard InChI is InChI=1S/C10H18N2S/c1-7-8(6-11)13-9(12-7)5-10(2,3)4/h5-6,11H2,1-4H3. The fourth-order valence-corrected chi connectivity index (χ4v) is 2.46. The van der Waals surface area contributed by atoms with E-state index in [0.29, 0.717) is 12.0 Å². The first-order valence-electron chi connectivity index (χ1n) is 4.57. The van der Waals surface area contributed by atoms with Gasteiger partial charge in [-0.3, -0.25) is 0 Å². The molecule has 13 heavy (non-hydrogen) atoms. The molecule has 0 radical (unpaired) electrons. The topological polar surface area (TPSA) is 38.9 Å². The van der Waals surface area contributed by atoms with E-state index in [2.05, 4.69) is 25.8 Å². The third-order valence-corrected chi connectivity index (χ3v) is 2.98. The maximum atomic E-state index is 5.60. The summed E-state index contributed by atoms with van der Waals surface area (Å²) in [5.74, 6) is 0. The molecule has 0 aliphatic heterocycles. The summed E-state index contributed by atoms with van der Waals surface area (Å²) in [6.07, 6.45) is 1.04. The molecule has 0 aliphatic carbocycles. The molecular weight excluding hydrogens is 180 g/mol. The summed E-state index contributed by atoms with van der Waals surface area (Å²) < 4.78 is 0. The smallest absolute Gasteiger partial charge is 0.0936 e. The number of rotatable bonds is 2. The highest BCUT2D eigenvalue weighted by Crippen LogP contribution is 2.25. The van der Waals surface area contributed by atoms with Crippen LogP contribution in [0.3, 0.4) is 0 Å². The van der Waals surface area contributed by atoms with Gasteiger partial charge in [-0.05, 0) is 12.3 Å². The highest BCUT2D eigenvalue weighted by Gasteiger charge is 2.15. The number of thiazole rings is 1. The van der Waals surface area contributed by atoms with Crippen molar-refractivity contribution in [3.05, 3.63) is 15.6 Å². The number of hydrogen-bond donors (Lipinski definition) is 1. The van der Waals surface area contributed by atoms with Crippen LogP contribution in [0.2, 0.25) is 0 Å². The average Bonchev–Trinajstić information content (AvgIpc) is 2.26. The van der Waals surface area contributed by atoms with Crippen molar-refractivity contribution >= 4 is 11.3 Å². The van der Waals surface area contributed by atoms with Crippen molar-refractivity contribution in [1.82, 2.24) is 4.98 Å². The second-order valence-electron chi connectivity index (χ2n) is 4.56. The first-order chi connectivity index (χ1) is 5.92. The van der Waals surface area contributed by atoms with E-state index < -0.39 is 0 Å². The van der Waals surface area contributed by atoms with Crippen LogP contribution in [-0.2, 0) is 13.0 Å². The van der Waals surface area contributed by atoms with Crippen molar-refractivity contribution in [2.45, 2.75) is 40.7 Å². The van der Waals surface area contributed by atoms with E-state index in [1.165, 1.54) is 9.88 Å². The largest absolute Gasteiger partial charge is 0.326 e. The molecule has 3 heteroatoms. The molecule has 0 amide bonds. The van der Waals surface area contributed by atoms with Gasteiger partial charge in [-0.15, -0.1) is 11.3 Å². The second kappa shape index (κ2) is 3.76. The lowest BCUT2D eigenvalue weighted by Gasteiger charge is -2.15. The van der Waals surface area contributed by atoms with Crippen LogP contribution >= 0.6 is 11.3 Å². The summed E-state index contributed by atoms with van der Waals surface area (Å²) >= 11 is 1.75. The Morgan fingerprint density at radius 3 is 2.38 bits per heavy atom. The molecule has 0 spiro atoms. The van der Waals surface area contributed by atoms with Gasteiger partial charge in [0, 0.05) is 17.8 Å². The Hall–Kier alpha value is -0.410. The molecule has 0 unspecified atom stereocenters.